The van der Waals surface area contributed by atoms with Crippen LogP contribution in [-0.2, 0) is 0 Å². The third kappa shape index (κ3) is 1.83. The van der Waals surface area contributed by atoms with Gasteiger partial charge in [0.2, 0.25) is 0 Å². The minimum absolute atomic E-state index is 0.0642. The Bertz CT molecular complexity index is 328. The Balaban J connectivity index is 3.39. The molecule has 0 heterocycles. The second-order valence-electron chi connectivity index (χ2n) is 3.04. The molecule has 1 atom stereocenters. The van der Waals surface area contributed by atoms with Gasteiger partial charge in [-0.05, 0) is 15.9 Å². The van der Waals surface area contributed by atoms with Crippen molar-refractivity contribution in [1.29, 1.82) is 0 Å². The van der Waals surface area contributed by atoms with E-state index in [0.29, 0.717) is 0 Å². The Kier molecular flexibility index (Phi) is 3.34. The normalized spacial score (nSPS) is 12.9. The van der Waals surface area contributed by atoms with Crippen LogP contribution in [0.2, 0.25) is 0 Å². The van der Waals surface area contributed by atoms with Gasteiger partial charge in [0.05, 0.1) is 4.47 Å². The summed E-state index contributed by atoms with van der Waals surface area (Å²) < 4.78 is 13.2. The molecule has 0 aliphatic rings. The van der Waals surface area contributed by atoms with E-state index in [2.05, 4.69) is 15.9 Å². The first kappa shape index (κ1) is 11.3. The predicted octanol–water partition coefficient (Wildman–Crippen LogP) is 2.10. The molecule has 14 heavy (non-hydrogen) atoms. The van der Waals surface area contributed by atoms with Gasteiger partial charge in [-0.3, -0.25) is 0 Å². The lowest BCUT2D eigenvalue weighted by Crippen LogP contribution is -2.02. The Morgan fingerprint density at radius 2 is 2.07 bits per heavy atom. The molecule has 0 saturated heterocycles. The number of phenolic OH excluding ortho intramolecular Hbond substituents is 2. The fourth-order valence-corrected chi connectivity index (χ4v) is 1.86. The van der Waals surface area contributed by atoms with E-state index in [1.807, 2.05) is 0 Å². The smallest absolute Gasteiger partial charge is 0.162 e. The van der Waals surface area contributed by atoms with Crippen molar-refractivity contribution < 1.29 is 19.7 Å². The van der Waals surface area contributed by atoms with E-state index < -0.39 is 23.2 Å². The lowest BCUT2D eigenvalue weighted by molar-refractivity contribution is 0.268. The molecule has 78 valence electrons. The van der Waals surface area contributed by atoms with Gasteiger partial charge in [0.25, 0.3) is 0 Å². The van der Waals surface area contributed by atoms with Crippen LogP contribution >= 0.6 is 15.9 Å². The minimum atomic E-state index is -0.671. The van der Waals surface area contributed by atoms with Gasteiger partial charge in [-0.2, -0.15) is 0 Å². The molecule has 0 amide bonds. The van der Waals surface area contributed by atoms with Gasteiger partial charge >= 0.3 is 0 Å². The Morgan fingerprint density at radius 3 is 2.57 bits per heavy atom. The van der Waals surface area contributed by atoms with E-state index in [4.69, 9.17) is 10.2 Å². The summed E-state index contributed by atoms with van der Waals surface area (Å²) in [5.74, 6) is -2.05. The van der Waals surface area contributed by atoms with E-state index in [1.165, 1.54) is 0 Å². The van der Waals surface area contributed by atoms with Crippen LogP contribution in [0.1, 0.15) is 18.4 Å². The van der Waals surface area contributed by atoms with Gasteiger partial charge in [-0.25, -0.2) is 4.39 Å². The molecule has 0 radical (unpaired) electrons. The molecule has 3 nitrogen and oxygen atoms in total. The molecule has 3 N–H and O–H groups in total. The zero-order valence-corrected chi connectivity index (χ0v) is 9.05. The Morgan fingerprint density at radius 1 is 1.50 bits per heavy atom. The summed E-state index contributed by atoms with van der Waals surface area (Å²) in [6, 6.07) is 0.813. The van der Waals surface area contributed by atoms with Gasteiger partial charge < -0.3 is 15.3 Å². The summed E-state index contributed by atoms with van der Waals surface area (Å²) in [5.41, 5.74) is 0.171. The van der Waals surface area contributed by atoms with Crippen molar-refractivity contribution in [2.75, 3.05) is 6.61 Å². The van der Waals surface area contributed by atoms with E-state index in [9.17, 15) is 9.50 Å². The molecule has 0 aromatic heterocycles. The third-order valence-corrected chi connectivity index (χ3v) is 2.78. The number of phenols is 2. The fourth-order valence-electron chi connectivity index (χ4n) is 1.16. The molecule has 1 unspecified atom stereocenters. The van der Waals surface area contributed by atoms with E-state index in [-0.39, 0.29) is 16.6 Å². The zero-order valence-electron chi connectivity index (χ0n) is 7.46. The highest BCUT2D eigenvalue weighted by Gasteiger charge is 2.20. The average Bonchev–Trinajstić information content (AvgIpc) is 2.15. The molecule has 1 rings (SSSR count). The molecule has 0 fully saturated rings. The highest BCUT2D eigenvalue weighted by Crippen LogP contribution is 2.40. The Labute approximate surface area is 88.9 Å². The summed E-state index contributed by atoms with van der Waals surface area (Å²) in [6.45, 7) is 1.37. The van der Waals surface area contributed by atoms with Gasteiger partial charge in [-0.15, -0.1) is 0 Å². The molecule has 0 aliphatic heterocycles. The van der Waals surface area contributed by atoms with Crippen molar-refractivity contribution in [2.45, 2.75) is 12.8 Å². The predicted molar refractivity (Wildman–Crippen MR) is 52.9 cm³/mol. The highest BCUT2D eigenvalue weighted by atomic mass is 79.9. The third-order valence-electron chi connectivity index (χ3n) is 1.97. The number of aromatic hydroxyl groups is 2. The second kappa shape index (κ2) is 4.14. The maximum Gasteiger partial charge on any atom is 0.162 e. The van der Waals surface area contributed by atoms with Crippen LogP contribution < -0.4 is 0 Å². The van der Waals surface area contributed by atoms with E-state index in [1.54, 1.807) is 6.92 Å². The summed E-state index contributed by atoms with van der Waals surface area (Å²) >= 11 is 2.95. The van der Waals surface area contributed by atoms with Crippen molar-refractivity contribution in [3.05, 3.63) is 21.9 Å². The first-order valence-corrected chi connectivity index (χ1v) is 4.79. The first-order valence-electron chi connectivity index (χ1n) is 3.99. The summed E-state index contributed by atoms with van der Waals surface area (Å²) in [6.07, 6.45) is 0. The van der Waals surface area contributed by atoms with E-state index >= 15 is 0 Å². The fraction of sp³-hybridized carbons (Fsp3) is 0.333. The van der Waals surface area contributed by atoms with Gasteiger partial charge in [0.1, 0.15) is 5.82 Å². The molecule has 0 spiro atoms. The monoisotopic (exact) mass is 264 g/mol. The van der Waals surface area contributed by atoms with Crippen LogP contribution in [-0.4, -0.2) is 21.9 Å². The number of hydrogen-bond acceptors (Lipinski definition) is 3. The van der Waals surface area contributed by atoms with Crippen LogP contribution in [0.15, 0.2) is 10.5 Å². The second-order valence-corrected chi connectivity index (χ2v) is 3.83. The van der Waals surface area contributed by atoms with Crippen LogP contribution in [0, 0.1) is 5.82 Å². The minimum Gasteiger partial charge on any atom is -0.504 e. The van der Waals surface area contributed by atoms with Crippen molar-refractivity contribution in [3.8, 4) is 11.5 Å². The molecular formula is C9H10BrFO3. The van der Waals surface area contributed by atoms with Crippen LogP contribution in [0.3, 0.4) is 0 Å². The molecular weight excluding hydrogens is 255 g/mol. The first-order chi connectivity index (χ1) is 6.49. The Hall–Kier alpha value is -0.810. The van der Waals surface area contributed by atoms with Crippen LogP contribution in [0.4, 0.5) is 4.39 Å². The molecule has 5 heteroatoms. The van der Waals surface area contributed by atoms with Crippen molar-refractivity contribution >= 4 is 15.9 Å². The van der Waals surface area contributed by atoms with Crippen molar-refractivity contribution in [3.63, 3.8) is 0 Å². The van der Waals surface area contributed by atoms with E-state index in [0.717, 1.165) is 6.07 Å². The zero-order chi connectivity index (χ0) is 10.9. The lowest BCUT2D eigenvalue weighted by Gasteiger charge is -2.14. The molecule has 0 bridgehead atoms. The molecule has 1 aromatic carbocycles. The standard InChI is InChI=1S/C9H10BrFO3/c1-4(3-12)7-8(10)5(11)2-6(13)9(7)14/h2,4,12-14H,3H2,1H3. The SMILES string of the molecule is CC(CO)c1c(O)c(O)cc(F)c1Br. The lowest BCUT2D eigenvalue weighted by atomic mass is 10.0. The van der Waals surface area contributed by atoms with Crippen LogP contribution in [0.25, 0.3) is 0 Å². The number of benzene rings is 1. The number of halogens is 2. The van der Waals surface area contributed by atoms with Gasteiger partial charge in [0, 0.05) is 24.2 Å². The highest BCUT2D eigenvalue weighted by molar-refractivity contribution is 9.10. The number of aliphatic hydroxyl groups is 1. The largest absolute Gasteiger partial charge is 0.504 e. The van der Waals surface area contributed by atoms with Gasteiger partial charge in [0.15, 0.2) is 11.5 Å². The number of aliphatic hydroxyl groups excluding tert-OH is 1. The quantitative estimate of drug-likeness (QED) is 0.717. The summed E-state index contributed by atoms with van der Waals surface area (Å²) in [5, 5.41) is 27.5. The van der Waals surface area contributed by atoms with Crippen molar-refractivity contribution in [2.24, 2.45) is 0 Å². The maximum absolute atomic E-state index is 13.1. The number of hydrogen-bond donors (Lipinski definition) is 3. The molecule has 1 aromatic rings. The molecule has 0 aliphatic carbocycles. The van der Waals surface area contributed by atoms with Crippen LogP contribution in [0.5, 0.6) is 11.5 Å². The summed E-state index contributed by atoms with van der Waals surface area (Å²) in [7, 11) is 0. The topological polar surface area (TPSA) is 60.7 Å². The number of rotatable bonds is 2. The van der Waals surface area contributed by atoms with Crippen molar-refractivity contribution in [1.82, 2.24) is 0 Å². The average molecular weight is 265 g/mol. The maximum atomic E-state index is 13.1. The summed E-state index contributed by atoms with van der Waals surface area (Å²) in [4.78, 5) is 0. The molecule has 0 saturated carbocycles. The van der Waals surface area contributed by atoms with Gasteiger partial charge in [-0.1, -0.05) is 6.92 Å².